The van der Waals surface area contributed by atoms with E-state index in [-0.39, 0.29) is 24.1 Å². The van der Waals surface area contributed by atoms with Crippen LogP contribution in [0.3, 0.4) is 0 Å². The summed E-state index contributed by atoms with van der Waals surface area (Å²) in [5, 5.41) is 3.65. The van der Waals surface area contributed by atoms with Crippen molar-refractivity contribution in [1.29, 1.82) is 0 Å². The van der Waals surface area contributed by atoms with Crippen molar-refractivity contribution in [2.24, 2.45) is 5.92 Å². The maximum atomic E-state index is 12.8. The van der Waals surface area contributed by atoms with Crippen LogP contribution < -0.4 is 5.32 Å². The van der Waals surface area contributed by atoms with Crippen LogP contribution in [0.5, 0.6) is 0 Å². The van der Waals surface area contributed by atoms with Gasteiger partial charge in [-0.15, -0.1) is 0 Å². The van der Waals surface area contributed by atoms with E-state index in [1.165, 1.54) is 10.4 Å². The number of hydrogen-bond donors (Lipinski definition) is 1. The number of piperidine rings is 1. The molecule has 1 aromatic heterocycles. The molecule has 0 saturated carbocycles. The van der Waals surface area contributed by atoms with Crippen LogP contribution >= 0.6 is 23.2 Å². The number of pyridine rings is 1. The first-order valence-electron chi connectivity index (χ1n) is 8.93. The van der Waals surface area contributed by atoms with Crippen LogP contribution in [0.4, 0.5) is 0 Å². The van der Waals surface area contributed by atoms with Crippen LogP contribution in [0.1, 0.15) is 24.0 Å². The molecule has 1 aliphatic heterocycles. The van der Waals surface area contributed by atoms with Crippen molar-refractivity contribution in [3.63, 3.8) is 0 Å². The highest BCUT2D eigenvalue weighted by molar-refractivity contribution is 7.88. The molecule has 1 aliphatic rings. The molecule has 6 nitrogen and oxygen atoms in total. The molecule has 0 radical (unpaired) electrons. The van der Waals surface area contributed by atoms with Crippen molar-refractivity contribution in [2.75, 3.05) is 13.1 Å². The molecule has 150 valence electrons. The minimum Gasteiger partial charge on any atom is -0.352 e. The summed E-state index contributed by atoms with van der Waals surface area (Å²) in [6.45, 7) is 0.975. The SMILES string of the molecule is O=C(NCc1ccncc1)[C@H]1CCCN(S(=O)(=O)Cc2ccc(Cl)cc2Cl)C1. The number of amides is 1. The highest BCUT2D eigenvalue weighted by Crippen LogP contribution is 2.26. The summed E-state index contributed by atoms with van der Waals surface area (Å²) < 4.78 is 27.1. The summed E-state index contributed by atoms with van der Waals surface area (Å²) >= 11 is 12.0. The van der Waals surface area contributed by atoms with Crippen LogP contribution in [0.25, 0.3) is 0 Å². The van der Waals surface area contributed by atoms with Crippen molar-refractivity contribution in [1.82, 2.24) is 14.6 Å². The van der Waals surface area contributed by atoms with Gasteiger partial charge in [-0.1, -0.05) is 29.3 Å². The van der Waals surface area contributed by atoms with Gasteiger partial charge in [-0.05, 0) is 48.2 Å². The van der Waals surface area contributed by atoms with Gasteiger partial charge in [0.25, 0.3) is 0 Å². The lowest BCUT2D eigenvalue weighted by atomic mass is 9.99. The van der Waals surface area contributed by atoms with Gasteiger partial charge in [-0.2, -0.15) is 0 Å². The fourth-order valence-electron chi connectivity index (χ4n) is 3.17. The maximum absolute atomic E-state index is 12.8. The molecule has 1 amide bonds. The van der Waals surface area contributed by atoms with E-state index < -0.39 is 10.0 Å². The monoisotopic (exact) mass is 441 g/mol. The van der Waals surface area contributed by atoms with Gasteiger partial charge < -0.3 is 5.32 Å². The molecule has 0 aliphatic carbocycles. The maximum Gasteiger partial charge on any atom is 0.224 e. The lowest BCUT2D eigenvalue weighted by Crippen LogP contribution is -2.45. The Hall–Kier alpha value is -1.67. The second-order valence-electron chi connectivity index (χ2n) is 6.76. The van der Waals surface area contributed by atoms with E-state index in [0.29, 0.717) is 41.5 Å². The number of halogens is 2. The second-order valence-corrected chi connectivity index (χ2v) is 9.57. The van der Waals surface area contributed by atoms with Gasteiger partial charge in [0.2, 0.25) is 15.9 Å². The van der Waals surface area contributed by atoms with Crippen LogP contribution in [-0.4, -0.2) is 36.7 Å². The van der Waals surface area contributed by atoms with E-state index in [2.05, 4.69) is 10.3 Å². The molecule has 2 aromatic rings. The second kappa shape index (κ2) is 9.22. The van der Waals surface area contributed by atoms with E-state index in [9.17, 15) is 13.2 Å². The van der Waals surface area contributed by atoms with Gasteiger partial charge in [0.05, 0.1) is 11.7 Å². The normalized spacial score (nSPS) is 18.0. The average molecular weight is 442 g/mol. The molecule has 1 N–H and O–H groups in total. The Morgan fingerprint density at radius 3 is 2.68 bits per heavy atom. The van der Waals surface area contributed by atoms with Crippen molar-refractivity contribution < 1.29 is 13.2 Å². The molecule has 2 heterocycles. The molecule has 0 unspecified atom stereocenters. The van der Waals surface area contributed by atoms with Gasteiger partial charge >= 0.3 is 0 Å². The van der Waals surface area contributed by atoms with E-state index in [0.717, 1.165) is 5.56 Å². The number of rotatable bonds is 6. The number of nitrogens with one attached hydrogen (secondary N) is 1. The number of benzene rings is 1. The Morgan fingerprint density at radius 1 is 1.21 bits per heavy atom. The number of nitrogens with zero attached hydrogens (tertiary/aromatic N) is 2. The van der Waals surface area contributed by atoms with Crippen LogP contribution in [0, 0.1) is 5.92 Å². The molecule has 1 saturated heterocycles. The van der Waals surface area contributed by atoms with Crippen LogP contribution in [0.15, 0.2) is 42.7 Å². The average Bonchev–Trinajstić information content (AvgIpc) is 2.69. The lowest BCUT2D eigenvalue weighted by Gasteiger charge is -2.31. The molecule has 9 heteroatoms. The number of carbonyl (C=O) groups excluding carboxylic acids is 1. The topological polar surface area (TPSA) is 79.4 Å². The highest BCUT2D eigenvalue weighted by atomic mass is 35.5. The van der Waals surface area contributed by atoms with Gasteiger partial charge in [-0.25, -0.2) is 12.7 Å². The number of hydrogen-bond acceptors (Lipinski definition) is 4. The summed E-state index contributed by atoms with van der Waals surface area (Å²) in [6, 6.07) is 8.41. The molecule has 0 spiro atoms. The van der Waals surface area contributed by atoms with Crippen LogP contribution in [-0.2, 0) is 27.1 Å². The van der Waals surface area contributed by atoms with Crippen molar-refractivity contribution in [3.8, 4) is 0 Å². The first-order valence-corrected chi connectivity index (χ1v) is 11.3. The molecule has 1 aromatic carbocycles. The third kappa shape index (κ3) is 5.44. The fraction of sp³-hybridized carbons (Fsp3) is 0.368. The highest BCUT2D eigenvalue weighted by Gasteiger charge is 2.32. The summed E-state index contributed by atoms with van der Waals surface area (Å²) in [5.74, 6) is -0.721. The first-order chi connectivity index (χ1) is 13.3. The zero-order valence-electron chi connectivity index (χ0n) is 15.1. The van der Waals surface area contributed by atoms with Crippen LogP contribution in [0.2, 0.25) is 10.0 Å². The molecule has 1 atom stereocenters. The quantitative estimate of drug-likeness (QED) is 0.745. The predicted molar refractivity (Wildman–Crippen MR) is 109 cm³/mol. The summed E-state index contributed by atoms with van der Waals surface area (Å²) in [6.07, 6.45) is 4.63. The zero-order chi connectivity index (χ0) is 20.1. The Morgan fingerprint density at radius 2 is 1.96 bits per heavy atom. The fourth-order valence-corrected chi connectivity index (χ4v) is 5.37. The lowest BCUT2D eigenvalue weighted by molar-refractivity contribution is -0.126. The Kier molecular flexibility index (Phi) is 6.93. The van der Waals surface area contributed by atoms with Gasteiger partial charge in [-0.3, -0.25) is 9.78 Å². The van der Waals surface area contributed by atoms with Gasteiger partial charge in [0.15, 0.2) is 0 Å². The third-order valence-corrected chi connectivity index (χ3v) is 7.10. The minimum absolute atomic E-state index is 0.138. The smallest absolute Gasteiger partial charge is 0.224 e. The zero-order valence-corrected chi connectivity index (χ0v) is 17.5. The minimum atomic E-state index is -3.59. The summed E-state index contributed by atoms with van der Waals surface area (Å²) in [4.78, 5) is 16.5. The van der Waals surface area contributed by atoms with E-state index in [4.69, 9.17) is 23.2 Å². The summed E-state index contributed by atoms with van der Waals surface area (Å²) in [5.41, 5.74) is 1.44. The van der Waals surface area contributed by atoms with Crippen molar-refractivity contribution >= 4 is 39.1 Å². The van der Waals surface area contributed by atoms with E-state index in [1.54, 1.807) is 24.5 Å². The molecule has 28 heavy (non-hydrogen) atoms. The Balaban J connectivity index is 1.62. The molecule has 1 fully saturated rings. The number of aromatic nitrogens is 1. The first kappa shape index (κ1) is 21.0. The molecule has 3 rings (SSSR count). The third-order valence-electron chi connectivity index (χ3n) is 4.72. The van der Waals surface area contributed by atoms with Crippen molar-refractivity contribution in [2.45, 2.75) is 25.1 Å². The summed E-state index contributed by atoms with van der Waals surface area (Å²) in [7, 11) is -3.59. The largest absolute Gasteiger partial charge is 0.352 e. The molecule has 0 bridgehead atoms. The van der Waals surface area contributed by atoms with Crippen molar-refractivity contribution in [3.05, 3.63) is 63.9 Å². The van der Waals surface area contributed by atoms with E-state index in [1.807, 2.05) is 12.1 Å². The molecular weight excluding hydrogens is 421 g/mol. The predicted octanol–water partition coefficient (Wildman–Crippen LogP) is 3.25. The van der Waals surface area contributed by atoms with Gasteiger partial charge in [0, 0.05) is 42.1 Å². The van der Waals surface area contributed by atoms with E-state index >= 15 is 0 Å². The standard InChI is InChI=1S/C19H21Cl2N3O3S/c20-17-4-3-16(18(21)10-17)13-28(26,27)24-9-1-2-15(12-24)19(25)23-11-14-5-7-22-8-6-14/h3-8,10,15H,1-2,9,11-13H2,(H,23,25)/t15-/m0/s1. The number of sulfonamides is 1. The molecular formula is C19H21Cl2N3O3S. The Labute approximate surface area is 174 Å². The Bertz CT molecular complexity index is 939. The van der Waals surface area contributed by atoms with Gasteiger partial charge in [0.1, 0.15) is 0 Å². The number of carbonyl (C=O) groups is 1.